The van der Waals surface area contributed by atoms with Crippen molar-refractivity contribution in [2.75, 3.05) is 7.11 Å². The van der Waals surface area contributed by atoms with Crippen LogP contribution >= 0.6 is 0 Å². The van der Waals surface area contributed by atoms with Gasteiger partial charge in [0.2, 0.25) is 0 Å². The van der Waals surface area contributed by atoms with E-state index < -0.39 is 0 Å². The molecule has 0 aliphatic heterocycles. The highest BCUT2D eigenvalue weighted by Gasteiger charge is 2.18. The van der Waals surface area contributed by atoms with E-state index in [1.807, 2.05) is 0 Å². The third kappa shape index (κ3) is 1.52. The van der Waals surface area contributed by atoms with Crippen molar-refractivity contribution in [3.05, 3.63) is 35.8 Å². The molecule has 0 unspecified atom stereocenters. The standard InChI is InChI=1S/C10H14O2/c1-7(11)9-5-4-6-10(9)8(2)12-3/h11H,1-2,4-6H2,3H3. The van der Waals surface area contributed by atoms with Crippen LogP contribution in [-0.4, -0.2) is 12.2 Å². The molecule has 1 N–H and O–H groups in total. The zero-order valence-electron chi connectivity index (χ0n) is 7.39. The average molecular weight is 166 g/mol. The third-order valence-corrected chi connectivity index (χ3v) is 2.15. The van der Waals surface area contributed by atoms with Crippen molar-refractivity contribution >= 4 is 0 Å². The number of rotatable bonds is 3. The summed E-state index contributed by atoms with van der Waals surface area (Å²) in [6.45, 7) is 7.26. The quantitative estimate of drug-likeness (QED) is 0.653. The Bertz CT molecular complexity index is 249. The minimum Gasteiger partial charge on any atom is -0.508 e. The smallest absolute Gasteiger partial charge is 0.115 e. The minimum absolute atomic E-state index is 0.153. The number of ether oxygens (including phenoxy) is 1. The van der Waals surface area contributed by atoms with E-state index in [0.29, 0.717) is 5.76 Å². The Hall–Kier alpha value is -1.18. The van der Waals surface area contributed by atoms with Gasteiger partial charge in [-0.2, -0.15) is 0 Å². The SMILES string of the molecule is C=C(O)C1=C(C(=C)OC)CCC1. The molecular formula is C10H14O2. The van der Waals surface area contributed by atoms with Gasteiger partial charge in [-0.3, -0.25) is 0 Å². The lowest BCUT2D eigenvalue weighted by Crippen LogP contribution is -1.92. The number of allylic oxidation sites excluding steroid dienone is 2. The van der Waals surface area contributed by atoms with Crippen molar-refractivity contribution in [1.82, 2.24) is 0 Å². The molecule has 0 spiro atoms. The van der Waals surface area contributed by atoms with Crippen LogP contribution in [0.4, 0.5) is 0 Å². The monoisotopic (exact) mass is 166 g/mol. The van der Waals surface area contributed by atoms with Crippen molar-refractivity contribution in [2.24, 2.45) is 0 Å². The van der Waals surface area contributed by atoms with Gasteiger partial charge in [0.1, 0.15) is 11.5 Å². The normalized spacial score (nSPS) is 16.4. The summed E-state index contributed by atoms with van der Waals surface area (Å²) in [5, 5.41) is 9.22. The van der Waals surface area contributed by atoms with Gasteiger partial charge >= 0.3 is 0 Å². The number of aliphatic hydroxyl groups excluding tert-OH is 1. The van der Waals surface area contributed by atoms with Gasteiger partial charge in [0.15, 0.2) is 0 Å². The first-order chi connectivity index (χ1) is 5.66. The molecule has 0 heterocycles. The summed E-state index contributed by atoms with van der Waals surface area (Å²) in [7, 11) is 1.59. The number of hydrogen-bond donors (Lipinski definition) is 1. The highest BCUT2D eigenvalue weighted by molar-refractivity contribution is 5.40. The summed E-state index contributed by atoms with van der Waals surface area (Å²) < 4.78 is 5.01. The second-order valence-electron chi connectivity index (χ2n) is 2.88. The van der Waals surface area contributed by atoms with Crippen molar-refractivity contribution < 1.29 is 9.84 Å². The average Bonchev–Trinajstić information content (AvgIpc) is 2.50. The highest BCUT2D eigenvalue weighted by Crippen LogP contribution is 2.33. The van der Waals surface area contributed by atoms with Gasteiger partial charge in [-0.15, -0.1) is 0 Å². The molecule has 0 saturated heterocycles. The Labute approximate surface area is 72.9 Å². The van der Waals surface area contributed by atoms with Crippen molar-refractivity contribution in [3.8, 4) is 0 Å². The molecular weight excluding hydrogens is 152 g/mol. The maximum Gasteiger partial charge on any atom is 0.115 e. The van der Waals surface area contributed by atoms with E-state index in [1.165, 1.54) is 0 Å². The Kier molecular flexibility index (Phi) is 2.58. The summed E-state index contributed by atoms with van der Waals surface area (Å²) in [4.78, 5) is 0. The molecule has 66 valence electrons. The lowest BCUT2D eigenvalue weighted by molar-refractivity contribution is 0.300. The van der Waals surface area contributed by atoms with E-state index in [1.54, 1.807) is 7.11 Å². The van der Waals surface area contributed by atoms with Crippen LogP contribution in [0.2, 0.25) is 0 Å². The summed E-state index contributed by atoms with van der Waals surface area (Å²) in [6.07, 6.45) is 2.86. The van der Waals surface area contributed by atoms with Crippen molar-refractivity contribution in [1.29, 1.82) is 0 Å². The van der Waals surface area contributed by atoms with E-state index in [0.717, 1.165) is 30.4 Å². The van der Waals surface area contributed by atoms with Gasteiger partial charge in [0.25, 0.3) is 0 Å². The number of hydrogen-bond acceptors (Lipinski definition) is 2. The third-order valence-electron chi connectivity index (χ3n) is 2.15. The van der Waals surface area contributed by atoms with Crippen LogP contribution in [0, 0.1) is 0 Å². The van der Waals surface area contributed by atoms with Crippen LogP contribution in [0.15, 0.2) is 35.8 Å². The van der Waals surface area contributed by atoms with Crippen LogP contribution < -0.4 is 0 Å². The molecule has 1 aliphatic carbocycles. The lowest BCUT2D eigenvalue weighted by Gasteiger charge is -2.07. The largest absolute Gasteiger partial charge is 0.508 e. The Balaban J connectivity index is 2.91. The molecule has 12 heavy (non-hydrogen) atoms. The maximum atomic E-state index is 9.22. The van der Waals surface area contributed by atoms with E-state index in [2.05, 4.69) is 13.2 Å². The van der Waals surface area contributed by atoms with Crippen LogP contribution in [0.1, 0.15) is 19.3 Å². The van der Waals surface area contributed by atoms with Crippen LogP contribution in [0.3, 0.4) is 0 Å². The molecule has 0 fully saturated rings. The Morgan fingerprint density at radius 1 is 1.33 bits per heavy atom. The fourth-order valence-electron chi connectivity index (χ4n) is 1.49. The molecule has 0 amide bonds. The van der Waals surface area contributed by atoms with E-state index >= 15 is 0 Å². The van der Waals surface area contributed by atoms with Gasteiger partial charge in [0, 0.05) is 11.1 Å². The molecule has 0 bridgehead atoms. The summed E-state index contributed by atoms with van der Waals surface area (Å²) >= 11 is 0. The molecule has 0 radical (unpaired) electrons. The molecule has 0 saturated carbocycles. The van der Waals surface area contributed by atoms with E-state index in [4.69, 9.17) is 4.74 Å². The predicted molar refractivity (Wildman–Crippen MR) is 48.8 cm³/mol. The lowest BCUT2D eigenvalue weighted by atomic mass is 10.1. The molecule has 2 nitrogen and oxygen atoms in total. The van der Waals surface area contributed by atoms with Crippen LogP contribution in [0.5, 0.6) is 0 Å². The first-order valence-corrected chi connectivity index (χ1v) is 4.00. The fourth-order valence-corrected chi connectivity index (χ4v) is 1.49. The predicted octanol–water partition coefficient (Wildman–Crippen LogP) is 2.70. The molecule has 1 rings (SSSR count). The molecule has 0 aromatic carbocycles. The van der Waals surface area contributed by atoms with Gasteiger partial charge in [0.05, 0.1) is 7.11 Å². The molecule has 0 aromatic heterocycles. The molecule has 0 aromatic rings. The molecule has 2 heteroatoms. The number of methoxy groups -OCH3 is 1. The van der Waals surface area contributed by atoms with Crippen LogP contribution in [-0.2, 0) is 4.74 Å². The molecule has 1 aliphatic rings. The van der Waals surface area contributed by atoms with Gasteiger partial charge in [-0.05, 0) is 19.3 Å². The summed E-state index contributed by atoms with van der Waals surface area (Å²) in [6, 6.07) is 0. The van der Waals surface area contributed by atoms with E-state index in [9.17, 15) is 5.11 Å². The summed E-state index contributed by atoms with van der Waals surface area (Å²) in [5.74, 6) is 0.804. The topological polar surface area (TPSA) is 29.5 Å². The van der Waals surface area contributed by atoms with Gasteiger partial charge in [-0.25, -0.2) is 0 Å². The number of aliphatic hydroxyl groups is 1. The van der Waals surface area contributed by atoms with Crippen molar-refractivity contribution in [2.45, 2.75) is 19.3 Å². The van der Waals surface area contributed by atoms with Crippen LogP contribution in [0.25, 0.3) is 0 Å². The first-order valence-electron chi connectivity index (χ1n) is 4.00. The highest BCUT2D eigenvalue weighted by atomic mass is 16.5. The second-order valence-corrected chi connectivity index (χ2v) is 2.88. The summed E-state index contributed by atoms with van der Waals surface area (Å²) in [5.41, 5.74) is 1.92. The van der Waals surface area contributed by atoms with Crippen molar-refractivity contribution in [3.63, 3.8) is 0 Å². The Morgan fingerprint density at radius 3 is 2.42 bits per heavy atom. The zero-order chi connectivity index (χ0) is 9.14. The minimum atomic E-state index is 0.153. The first kappa shape index (κ1) is 8.91. The van der Waals surface area contributed by atoms with Gasteiger partial charge in [-0.1, -0.05) is 13.2 Å². The van der Waals surface area contributed by atoms with Gasteiger partial charge < -0.3 is 9.84 Å². The fraction of sp³-hybridized carbons (Fsp3) is 0.400. The zero-order valence-corrected chi connectivity index (χ0v) is 7.39. The second kappa shape index (κ2) is 3.48. The maximum absolute atomic E-state index is 9.22. The molecule has 0 atom stereocenters. The van der Waals surface area contributed by atoms with E-state index in [-0.39, 0.29) is 5.76 Å². The Morgan fingerprint density at radius 2 is 1.92 bits per heavy atom.